The molecule has 3 nitrogen and oxygen atoms in total. The maximum Gasteiger partial charge on any atom is 0.0641 e. The third-order valence-electron chi connectivity index (χ3n) is 14.3. The van der Waals surface area contributed by atoms with Crippen molar-refractivity contribution in [2.75, 3.05) is 9.80 Å². The Morgan fingerprint density at radius 3 is 1.66 bits per heavy atom. The topological polar surface area (TPSA) is 10.9 Å². The Bertz CT molecular complexity index is 3650. The number of aromatic nitrogens is 1. The highest BCUT2D eigenvalue weighted by Gasteiger charge is 2.42. The summed E-state index contributed by atoms with van der Waals surface area (Å²) in [6, 6.07) is 68.6. The summed E-state index contributed by atoms with van der Waals surface area (Å²) in [4.78, 5) is 4.96. The monoisotopic (exact) mass is 821 g/mol. The number of aryl methyl sites for hydroxylation is 4. The van der Waals surface area contributed by atoms with Crippen LogP contribution in [0.3, 0.4) is 0 Å². The first-order valence-corrected chi connectivity index (χ1v) is 22.7. The second kappa shape index (κ2) is 13.7. The predicted octanol–water partition coefficient (Wildman–Crippen LogP) is 16.9. The molecule has 0 fully saturated rings. The molecule has 0 aliphatic heterocycles. The number of fused-ring (bicyclic) bond motifs is 11. The number of rotatable bonds is 6. The van der Waals surface area contributed by atoms with Gasteiger partial charge in [0.05, 0.1) is 27.9 Å². The summed E-state index contributed by atoms with van der Waals surface area (Å²) in [7, 11) is 0. The SMILES string of the molecule is Cc1cc(C)cc(N(c2ccccc2)c2ccc3c4c2-c2ccccc2C4C(C)c2cc4c5ccc(N(c6ccccc6)c6cc(C)cc(C)c6)c6c7ccccc7n(c4cc2-3)c56)c1. The molecule has 3 heteroatoms. The summed E-state index contributed by atoms with van der Waals surface area (Å²) in [5.74, 6) is 0.505. The smallest absolute Gasteiger partial charge is 0.0641 e. The van der Waals surface area contributed by atoms with Crippen molar-refractivity contribution in [2.45, 2.75) is 46.5 Å². The van der Waals surface area contributed by atoms with E-state index >= 15 is 0 Å². The molecule has 2 unspecified atom stereocenters. The Labute approximate surface area is 374 Å². The first kappa shape index (κ1) is 37.0. The molecule has 64 heavy (non-hydrogen) atoms. The van der Waals surface area contributed by atoms with Crippen LogP contribution < -0.4 is 9.80 Å². The average molecular weight is 822 g/mol. The van der Waals surface area contributed by atoms with E-state index in [2.05, 4.69) is 231 Å². The summed E-state index contributed by atoms with van der Waals surface area (Å²) in [5, 5.41) is 5.17. The van der Waals surface area contributed by atoms with E-state index in [1.807, 2.05) is 0 Å². The molecule has 0 saturated carbocycles. The van der Waals surface area contributed by atoms with Crippen LogP contribution >= 0.6 is 0 Å². The lowest BCUT2D eigenvalue weighted by Crippen LogP contribution is -2.16. The van der Waals surface area contributed by atoms with Crippen LogP contribution in [0.5, 0.6) is 0 Å². The van der Waals surface area contributed by atoms with Gasteiger partial charge in [-0.1, -0.05) is 110 Å². The Morgan fingerprint density at radius 1 is 0.406 bits per heavy atom. The fourth-order valence-corrected chi connectivity index (χ4v) is 12.0. The molecule has 0 spiro atoms. The van der Waals surface area contributed by atoms with Gasteiger partial charge in [-0.05, 0) is 168 Å². The van der Waals surface area contributed by atoms with Gasteiger partial charge in [0.1, 0.15) is 0 Å². The molecule has 9 aromatic carbocycles. The second-order valence-corrected chi connectivity index (χ2v) is 18.5. The molecule has 0 bridgehead atoms. The molecular formula is C61H47N3. The van der Waals surface area contributed by atoms with E-state index in [9.17, 15) is 0 Å². The molecule has 2 atom stereocenters. The molecule has 0 radical (unpaired) electrons. The molecule has 13 rings (SSSR count). The number of para-hydroxylation sites is 3. The van der Waals surface area contributed by atoms with Crippen LogP contribution in [0.25, 0.3) is 60.3 Å². The number of nitrogens with zero attached hydrogens (tertiary/aromatic N) is 3. The van der Waals surface area contributed by atoms with E-state index < -0.39 is 0 Å². The van der Waals surface area contributed by atoms with Crippen LogP contribution in [0, 0.1) is 27.7 Å². The summed E-state index contributed by atoms with van der Waals surface area (Å²) >= 11 is 0. The van der Waals surface area contributed by atoms with Gasteiger partial charge in [0.2, 0.25) is 0 Å². The summed E-state index contributed by atoms with van der Waals surface area (Å²) in [6.07, 6.45) is 0. The number of hydrogen-bond acceptors (Lipinski definition) is 2. The lowest BCUT2D eigenvalue weighted by molar-refractivity contribution is 0.663. The maximum absolute atomic E-state index is 2.57. The van der Waals surface area contributed by atoms with Crippen molar-refractivity contribution in [3.05, 3.63) is 221 Å². The summed E-state index contributed by atoms with van der Waals surface area (Å²) < 4.78 is 2.57. The third kappa shape index (κ3) is 5.21. The van der Waals surface area contributed by atoms with Crippen molar-refractivity contribution in [3.8, 4) is 22.3 Å². The van der Waals surface area contributed by atoms with Crippen molar-refractivity contribution >= 4 is 72.2 Å². The average Bonchev–Trinajstić information content (AvgIpc) is 3.95. The molecule has 0 saturated heterocycles. The minimum atomic E-state index is 0.240. The fourth-order valence-electron chi connectivity index (χ4n) is 12.0. The standard InChI is InChI=1S/C61H47N3/c1-36-28-37(2)31-43(30-36)62(41-16-8-6-9-17-41)54-26-24-47-51-35-56-52(34-50(51)40(5)57-45-20-12-13-21-46(45)58(54)60(47)57)48-25-27-55(59-49-22-14-15-23-53(49)64(56)61(48)59)63(42-18-10-7-11-19-42)44-32-38(3)29-39(4)33-44/h6-35,40,57H,1-5H3. The van der Waals surface area contributed by atoms with E-state index in [1.54, 1.807) is 0 Å². The zero-order valence-electron chi connectivity index (χ0n) is 36.8. The van der Waals surface area contributed by atoms with E-state index in [4.69, 9.17) is 0 Å². The van der Waals surface area contributed by atoms with Crippen molar-refractivity contribution in [1.29, 1.82) is 0 Å². The highest BCUT2D eigenvalue weighted by atomic mass is 15.2. The Kier molecular flexibility index (Phi) is 7.91. The predicted molar refractivity (Wildman–Crippen MR) is 271 cm³/mol. The highest BCUT2D eigenvalue weighted by molar-refractivity contribution is 6.28. The first-order valence-electron chi connectivity index (χ1n) is 22.7. The minimum absolute atomic E-state index is 0.240. The Morgan fingerprint density at radius 2 is 0.984 bits per heavy atom. The van der Waals surface area contributed by atoms with Crippen molar-refractivity contribution < 1.29 is 0 Å². The summed E-state index contributed by atoms with van der Waals surface area (Å²) in [5.41, 5.74) is 25.6. The lowest BCUT2D eigenvalue weighted by Gasteiger charge is -2.34. The molecule has 306 valence electrons. The van der Waals surface area contributed by atoms with Gasteiger partial charge in [-0.15, -0.1) is 0 Å². The van der Waals surface area contributed by atoms with Gasteiger partial charge in [-0.3, -0.25) is 0 Å². The molecule has 2 aliphatic carbocycles. The van der Waals surface area contributed by atoms with Crippen molar-refractivity contribution in [3.63, 3.8) is 0 Å². The quantitative estimate of drug-likeness (QED) is 0.165. The summed E-state index contributed by atoms with van der Waals surface area (Å²) in [6.45, 7) is 11.3. The lowest BCUT2D eigenvalue weighted by atomic mass is 9.71. The molecule has 0 N–H and O–H groups in total. The van der Waals surface area contributed by atoms with Crippen LogP contribution in [0.15, 0.2) is 182 Å². The normalized spacial score (nSPS) is 15.0. The minimum Gasteiger partial charge on any atom is -0.310 e. The van der Waals surface area contributed by atoms with Crippen molar-refractivity contribution in [1.82, 2.24) is 4.40 Å². The van der Waals surface area contributed by atoms with Gasteiger partial charge in [0, 0.05) is 55.8 Å². The van der Waals surface area contributed by atoms with Crippen LogP contribution in [-0.2, 0) is 0 Å². The molecule has 2 aromatic heterocycles. The van der Waals surface area contributed by atoms with Crippen molar-refractivity contribution in [2.24, 2.45) is 0 Å². The van der Waals surface area contributed by atoms with E-state index in [-0.39, 0.29) is 11.8 Å². The van der Waals surface area contributed by atoms with Gasteiger partial charge in [-0.2, -0.15) is 0 Å². The Balaban J connectivity index is 1.09. The van der Waals surface area contributed by atoms with E-state index in [0.717, 1.165) is 11.4 Å². The van der Waals surface area contributed by atoms with Crippen LogP contribution in [0.4, 0.5) is 34.1 Å². The third-order valence-corrected chi connectivity index (χ3v) is 14.3. The molecule has 11 aromatic rings. The van der Waals surface area contributed by atoms with Crippen LogP contribution in [0.1, 0.15) is 57.7 Å². The molecule has 2 aliphatic rings. The first-order chi connectivity index (χ1) is 31.3. The van der Waals surface area contributed by atoms with Crippen LogP contribution in [0.2, 0.25) is 0 Å². The number of anilines is 6. The molecule has 2 heterocycles. The van der Waals surface area contributed by atoms with Gasteiger partial charge in [-0.25, -0.2) is 0 Å². The maximum atomic E-state index is 2.57. The number of benzene rings is 9. The molecule has 0 amide bonds. The van der Waals surface area contributed by atoms with E-state index in [0.29, 0.717) is 0 Å². The second-order valence-electron chi connectivity index (χ2n) is 18.5. The van der Waals surface area contributed by atoms with Gasteiger partial charge in [0.15, 0.2) is 0 Å². The van der Waals surface area contributed by atoms with Gasteiger partial charge >= 0.3 is 0 Å². The van der Waals surface area contributed by atoms with E-state index in [1.165, 1.54) is 122 Å². The highest BCUT2D eigenvalue weighted by Crippen LogP contribution is 2.62. The zero-order valence-corrected chi connectivity index (χ0v) is 36.8. The largest absolute Gasteiger partial charge is 0.310 e. The zero-order chi connectivity index (χ0) is 43.0. The van der Waals surface area contributed by atoms with Gasteiger partial charge < -0.3 is 14.2 Å². The fraction of sp³-hybridized carbons (Fsp3) is 0.115. The Hall–Kier alpha value is -7.62. The van der Waals surface area contributed by atoms with Crippen LogP contribution in [-0.4, -0.2) is 4.40 Å². The molecular weight excluding hydrogens is 775 g/mol. The van der Waals surface area contributed by atoms with Gasteiger partial charge in [0.25, 0.3) is 0 Å². The number of hydrogen-bond donors (Lipinski definition) is 0.